The Balaban J connectivity index is 1.65. The summed E-state index contributed by atoms with van der Waals surface area (Å²) in [4.78, 5) is 11.2. The summed E-state index contributed by atoms with van der Waals surface area (Å²) in [6, 6.07) is 8.47. The molecule has 2 aromatic heterocycles. The van der Waals surface area contributed by atoms with E-state index in [4.69, 9.17) is 10.5 Å². The van der Waals surface area contributed by atoms with Gasteiger partial charge in [-0.05, 0) is 24.6 Å². The number of fused-ring (bicyclic) bond motifs is 3. The largest absolute Gasteiger partial charge is 0.374 e. The van der Waals surface area contributed by atoms with E-state index in [1.165, 1.54) is 0 Å². The molecule has 0 radical (unpaired) electrons. The van der Waals surface area contributed by atoms with Crippen molar-refractivity contribution < 1.29 is 4.74 Å². The molecule has 3 N–H and O–H groups in total. The maximum atomic E-state index is 5.96. The van der Waals surface area contributed by atoms with E-state index in [1.807, 2.05) is 12.1 Å². The monoisotopic (exact) mass is 308 g/mol. The number of rotatable bonds is 2. The maximum Gasteiger partial charge on any atom is 0.222 e. The molecular weight excluding hydrogens is 292 g/mol. The maximum absolute atomic E-state index is 5.96. The first-order valence-electron chi connectivity index (χ1n) is 7.73. The van der Waals surface area contributed by atoms with Crippen molar-refractivity contribution >= 4 is 22.7 Å². The number of hydrogen-bond acceptors (Lipinski definition) is 6. The van der Waals surface area contributed by atoms with E-state index in [-0.39, 0.29) is 0 Å². The second-order valence-electron chi connectivity index (χ2n) is 6.10. The van der Waals surface area contributed by atoms with E-state index in [0.29, 0.717) is 18.1 Å². The van der Waals surface area contributed by atoms with Crippen LogP contribution in [0.3, 0.4) is 0 Å². The zero-order chi connectivity index (χ0) is 15.4. The van der Waals surface area contributed by atoms with E-state index in [1.54, 1.807) is 6.20 Å². The van der Waals surface area contributed by atoms with Crippen molar-refractivity contribution in [1.82, 2.24) is 20.2 Å². The lowest BCUT2D eigenvalue weighted by Gasteiger charge is -2.28. The van der Waals surface area contributed by atoms with Gasteiger partial charge in [-0.15, -0.1) is 0 Å². The van der Waals surface area contributed by atoms with Crippen LogP contribution >= 0.6 is 0 Å². The van der Waals surface area contributed by atoms with Crippen LogP contribution in [0.15, 0.2) is 30.5 Å². The predicted molar refractivity (Wildman–Crippen MR) is 87.0 cm³/mol. The molecular formula is C16H16N6O. The van der Waals surface area contributed by atoms with Crippen LogP contribution in [0.4, 0.5) is 11.8 Å². The second kappa shape index (κ2) is 4.66. The highest BCUT2D eigenvalue weighted by atomic mass is 16.5. The van der Waals surface area contributed by atoms with Crippen molar-refractivity contribution in [3.63, 3.8) is 0 Å². The summed E-state index contributed by atoms with van der Waals surface area (Å²) in [5, 5.41) is 7.99. The Kier molecular flexibility index (Phi) is 2.60. The number of H-pyrrole nitrogens is 1. The lowest BCUT2D eigenvalue weighted by atomic mass is 10.1. The molecule has 0 unspecified atom stereocenters. The van der Waals surface area contributed by atoms with Crippen molar-refractivity contribution in [2.24, 2.45) is 0 Å². The number of nitrogen functional groups attached to an aromatic ring is 1. The Morgan fingerprint density at radius 3 is 2.96 bits per heavy atom. The number of nitrogens with one attached hydrogen (secondary N) is 1. The summed E-state index contributed by atoms with van der Waals surface area (Å²) in [7, 11) is 0. The fourth-order valence-corrected chi connectivity index (χ4v) is 3.59. The molecule has 0 spiro atoms. The third kappa shape index (κ3) is 1.97. The number of ether oxygens (including phenoxy) is 1. The van der Waals surface area contributed by atoms with Gasteiger partial charge in [-0.25, -0.2) is 4.98 Å². The van der Waals surface area contributed by atoms with E-state index >= 15 is 0 Å². The third-order valence-corrected chi connectivity index (χ3v) is 4.68. The van der Waals surface area contributed by atoms with Gasteiger partial charge in [0.15, 0.2) is 0 Å². The molecule has 0 amide bonds. The topological polar surface area (TPSA) is 93.0 Å². The Labute approximate surface area is 132 Å². The highest BCUT2D eigenvalue weighted by Crippen LogP contribution is 2.36. The smallest absolute Gasteiger partial charge is 0.222 e. The van der Waals surface area contributed by atoms with Gasteiger partial charge in [0.1, 0.15) is 5.82 Å². The SMILES string of the molecule is Nc1nc(N2C[C@H]3C[C@@H]2CO3)c2ccc(-c3ccn[nH]3)cc2n1. The molecule has 4 heterocycles. The second-order valence-corrected chi connectivity index (χ2v) is 6.10. The molecule has 5 rings (SSSR count). The predicted octanol–water partition coefficient (Wildman–Crippen LogP) is 1.58. The Hall–Kier alpha value is -2.67. The molecule has 1 aromatic carbocycles. The lowest BCUT2D eigenvalue weighted by molar-refractivity contribution is 0.0990. The summed E-state index contributed by atoms with van der Waals surface area (Å²) in [6.07, 6.45) is 3.12. The molecule has 0 aliphatic carbocycles. The number of anilines is 2. The van der Waals surface area contributed by atoms with Crippen LogP contribution in [-0.4, -0.2) is 45.5 Å². The Morgan fingerprint density at radius 1 is 1.26 bits per heavy atom. The van der Waals surface area contributed by atoms with Crippen molar-refractivity contribution in [1.29, 1.82) is 0 Å². The number of morpholine rings is 1. The number of nitrogens with two attached hydrogens (primary N) is 1. The van der Waals surface area contributed by atoms with Gasteiger partial charge in [-0.2, -0.15) is 10.1 Å². The lowest BCUT2D eigenvalue weighted by Crippen LogP contribution is -2.37. The zero-order valence-electron chi connectivity index (χ0n) is 12.4. The number of hydrogen-bond donors (Lipinski definition) is 2. The molecule has 3 aromatic rings. The van der Waals surface area contributed by atoms with Crippen LogP contribution in [-0.2, 0) is 4.74 Å². The summed E-state index contributed by atoms with van der Waals surface area (Å²) in [5.41, 5.74) is 8.80. The summed E-state index contributed by atoms with van der Waals surface area (Å²) in [5.74, 6) is 1.22. The van der Waals surface area contributed by atoms with Crippen LogP contribution in [0, 0.1) is 0 Å². The minimum absolute atomic E-state index is 0.304. The van der Waals surface area contributed by atoms with Crippen LogP contribution in [0.25, 0.3) is 22.2 Å². The average Bonchev–Trinajstić information content (AvgIpc) is 3.30. The van der Waals surface area contributed by atoms with Crippen LogP contribution in [0.1, 0.15) is 6.42 Å². The van der Waals surface area contributed by atoms with Gasteiger partial charge >= 0.3 is 0 Å². The standard InChI is InChI=1S/C16H16N6O/c17-16-19-14-5-9(13-3-4-18-21-13)1-2-12(14)15(20-16)22-7-11-6-10(22)8-23-11/h1-5,10-11H,6-8H2,(H,18,21)(H2,17,19,20)/t10-,11-/m1/s1. The third-order valence-electron chi connectivity index (χ3n) is 4.68. The summed E-state index contributed by atoms with van der Waals surface area (Å²) < 4.78 is 5.69. The Morgan fingerprint density at radius 2 is 2.22 bits per heavy atom. The van der Waals surface area contributed by atoms with Gasteiger partial charge in [0.25, 0.3) is 0 Å². The van der Waals surface area contributed by atoms with Crippen molar-refractivity contribution in [2.45, 2.75) is 18.6 Å². The van der Waals surface area contributed by atoms with Crippen LogP contribution < -0.4 is 10.6 Å². The first-order valence-corrected chi connectivity index (χ1v) is 7.73. The fraction of sp³-hybridized carbons (Fsp3) is 0.312. The highest BCUT2D eigenvalue weighted by Gasteiger charge is 2.40. The van der Waals surface area contributed by atoms with Gasteiger partial charge < -0.3 is 15.4 Å². The number of benzene rings is 1. The van der Waals surface area contributed by atoms with Gasteiger partial charge in [0.05, 0.1) is 30.0 Å². The molecule has 116 valence electrons. The molecule has 7 heteroatoms. The van der Waals surface area contributed by atoms with E-state index in [0.717, 1.165) is 47.6 Å². The summed E-state index contributed by atoms with van der Waals surface area (Å²) in [6.45, 7) is 1.64. The molecule has 2 fully saturated rings. The molecule has 2 bridgehead atoms. The fourth-order valence-electron chi connectivity index (χ4n) is 3.59. The average molecular weight is 308 g/mol. The van der Waals surface area contributed by atoms with Gasteiger partial charge in [0, 0.05) is 23.7 Å². The molecule has 23 heavy (non-hydrogen) atoms. The van der Waals surface area contributed by atoms with Crippen molar-refractivity contribution in [3.05, 3.63) is 30.5 Å². The van der Waals surface area contributed by atoms with Gasteiger partial charge in [-0.1, -0.05) is 6.07 Å². The number of nitrogens with zero attached hydrogens (tertiary/aromatic N) is 4. The Bertz CT molecular complexity index is 878. The first-order chi connectivity index (χ1) is 11.3. The zero-order valence-corrected chi connectivity index (χ0v) is 12.4. The molecule has 7 nitrogen and oxygen atoms in total. The molecule has 2 aliphatic rings. The molecule has 2 atom stereocenters. The first kappa shape index (κ1) is 12.8. The minimum Gasteiger partial charge on any atom is -0.374 e. The van der Waals surface area contributed by atoms with Crippen molar-refractivity contribution in [3.8, 4) is 11.3 Å². The van der Waals surface area contributed by atoms with Crippen molar-refractivity contribution in [2.75, 3.05) is 23.8 Å². The number of aromatic nitrogens is 4. The number of aromatic amines is 1. The van der Waals surface area contributed by atoms with E-state index in [9.17, 15) is 0 Å². The molecule has 2 aliphatic heterocycles. The van der Waals surface area contributed by atoms with Crippen LogP contribution in [0.2, 0.25) is 0 Å². The molecule has 2 saturated heterocycles. The van der Waals surface area contributed by atoms with E-state index in [2.05, 4.69) is 37.2 Å². The highest BCUT2D eigenvalue weighted by molar-refractivity contribution is 5.93. The normalized spacial score (nSPS) is 23.0. The van der Waals surface area contributed by atoms with Crippen LogP contribution in [0.5, 0.6) is 0 Å². The quantitative estimate of drug-likeness (QED) is 0.746. The van der Waals surface area contributed by atoms with Gasteiger partial charge in [0.2, 0.25) is 5.95 Å². The minimum atomic E-state index is 0.304. The van der Waals surface area contributed by atoms with E-state index < -0.39 is 0 Å². The van der Waals surface area contributed by atoms with Gasteiger partial charge in [-0.3, -0.25) is 5.10 Å². The molecule has 0 saturated carbocycles. The summed E-state index contributed by atoms with van der Waals surface area (Å²) >= 11 is 0.